The number of ether oxygens (including phenoxy) is 1. The number of rotatable bonds is 3. The van der Waals surface area contributed by atoms with Crippen LogP contribution in [0.5, 0.6) is 5.75 Å². The standard InChI is InChI=1S/C21H12Br2O3/c22-16-7-9-18-15(10-16)12-20(25-18)21(24)26-19-8-6-14(11-17(19)23)13-4-2-1-3-5-13/h1-12H. The van der Waals surface area contributed by atoms with Crippen LogP contribution in [0.15, 0.2) is 86.2 Å². The van der Waals surface area contributed by atoms with Gasteiger partial charge >= 0.3 is 5.97 Å². The molecule has 3 aromatic carbocycles. The van der Waals surface area contributed by atoms with E-state index in [1.165, 1.54) is 0 Å². The minimum Gasteiger partial charge on any atom is -0.449 e. The van der Waals surface area contributed by atoms with Crippen LogP contribution in [0.25, 0.3) is 22.1 Å². The topological polar surface area (TPSA) is 39.4 Å². The minimum absolute atomic E-state index is 0.164. The number of esters is 1. The Morgan fingerprint density at radius 3 is 2.42 bits per heavy atom. The fourth-order valence-corrected chi connectivity index (χ4v) is 3.50. The van der Waals surface area contributed by atoms with Gasteiger partial charge in [0.2, 0.25) is 5.76 Å². The number of carbonyl (C=O) groups is 1. The summed E-state index contributed by atoms with van der Waals surface area (Å²) in [7, 11) is 0. The van der Waals surface area contributed by atoms with Gasteiger partial charge in [0, 0.05) is 9.86 Å². The Morgan fingerprint density at radius 1 is 0.846 bits per heavy atom. The molecule has 0 saturated heterocycles. The molecule has 5 heteroatoms. The van der Waals surface area contributed by atoms with E-state index >= 15 is 0 Å². The highest BCUT2D eigenvalue weighted by Gasteiger charge is 2.16. The number of carbonyl (C=O) groups excluding carboxylic acids is 1. The van der Waals surface area contributed by atoms with E-state index < -0.39 is 5.97 Å². The first-order chi connectivity index (χ1) is 12.6. The number of fused-ring (bicyclic) bond motifs is 1. The van der Waals surface area contributed by atoms with E-state index in [0.29, 0.717) is 15.8 Å². The van der Waals surface area contributed by atoms with Gasteiger partial charge in [-0.3, -0.25) is 0 Å². The monoisotopic (exact) mass is 470 g/mol. The molecule has 3 nitrogen and oxygen atoms in total. The molecule has 0 unspecified atom stereocenters. The lowest BCUT2D eigenvalue weighted by Crippen LogP contribution is -2.07. The molecule has 0 saturated carbocycles. The van der Waals surface area contributed by atoms with E-state index in [-0.39, 0.29) is 5.76 Å². The fourth-order valence-electron chi connectivity index (χ4n) is 2.66. The van der Waals surface area contributed by atoms with Gasteiger partial charge in [-0.1, -0.05) is 52.3 Å². The lowest BCUT2D eigenvalue weighted by molar-refractivity contribution is 0.0702. The normalized spacial score (nSPS) is 10.8. The van der Waals surface area contributed by atoms with Crippen LogP contribution in [0, 0.1) is 0 Å². The summed E-state index contributed by atoms with van der Waals surface area (Å²) in [5, 5.41) is 0.838. The molecule has 0 aliphatic rings. The van der Waals surface area contributed by atoms with Crippen molar-refractivity contribution in [2.24, 2.45) is 0 Å². The number of benzene rings is 3. The summed E-state index contributed by atoms with van der Waals surface area (Å²) >= 11 is 6.88. The van der Waals surface area contributed by atoms with E-state index in [1.807, 2.05) is 54.6 Å². The molecule has 26 heavy (non-hydrogen) atoms. The smallest absolute Gasteiger partial charge is 0.379 e. The van der Waals surface area contributed by atoms with Crippen LogP contribution in [0.1, 0.15) is 10.6 Å². The van der Waals surface area contributed by atoms with Crippen LogP contribution < -0.4 is 4.74 Å². The summed E-state index contributed by atoms with van der Waals surface area (Å²) in [5.41, 5.74) is 2.76. The van der Waals surface area contributed by atoms with Crippen LogP contribution in [-0.2, 0) is 0 Å². The highest BCUT2D eigenvalue weighted by atomic mass is 79.9. The van der Waals surface area contributed by atoms with Gasteiger partial charge in [-0.2, -0.15) is 0 Å². The van der Waals surface area contributed by atoms with Crippen molar-refractivity contribution in [2.45, 2.75) is 0 Å². The molecule has 0 amide bonds. The molecule has 4 rings (SSSR count). The summed E-state index contributed by atoms with van der Waals surface area (Å²) in [6.07, 6.45) is 0. The third-order valence-electron chi connectivity index (χ3n) is 3.92. The highest BCUT2D eigenvalue weighted by Crippen LogP contribution is 2.32. The van der Waals surface area contributed by atoms with Crippen molar-refractivity contribution in [1.82, 2.24) is 0 Å². The molecule has 1 heterocycles. The molecule has 1 aromatic heterocycles. The summed E-state index contributed by atoms with van der Waals surface area (Å²) in [6, 6.07) is 22.8. The third kappa shape index (κ3) is 3.45. The van der Waals surface area contributed by atoms with Gasteiger partial charge < -0.3 is 9.15 Å². The quantitative estimate of drug-likeness (QED) is 0.242. The molecule has 128 valence electrons. The maximum atomic E-state index is 12.4. The van der Waals surface area contributed by atoms with Crippen molar-refractivity contribution in [1.29, 1.82) is 0 Å². The highest BCUT2D eigenvalue weighted by molar-refractivity contribution is 9.10. The van der Waals surface area contributed by atoms with Crippen molar-refractivity contribution in [3.8, 4) is 16.9 Å². The molecular weight excluding hydrogens is 460 g/mol. The van der Waals surface area contributed by atoms with Gasteiger partial charge in [0.15, 0.2) is 0 Å². The Bertz CT molecular complexity index is 1100. The first-order valence-corrected chi connectivity index (χ1v) is 9.45. The van der Waals surface area contributed by atoms with Gasteiger partial charge in [0.25, 0.3) is 0 Å². The van der Waals surface area contributed by atoms with Gasteiger partial charge in [0.05, 0.1) is 4.47 Å². The number of hydrogen-bond acceptors (Lipinski definition) is 3. The van der Waals surface area contributed by atoms with Crippen molar-refractivity contribution >= 4 is 48.8 Å². The summed E-state index contributed by atoms with van der Waals surface area (Å²) in [6.45, 7) is 0. The predicted molar refractivity (Wildman–Crippen MR) is 108 cm³/mol. The predicted octanol–water partition coefficient (Wildman–Crippen LogP) is 6.84. The molecule has 0 aliphatic heterocycles. The molecular formula is C21H12Br2O3. The maximum Gasteiger partial charge on any atom is 0.379 e. The lowest BCUT2D eigenvalue weighted by Gasteiger charge is -2.07. The van der Waals surface area contributed by atoms with Crippen LogP contribution >= 0.6 is 31.9 Å². The number of furan rings is 1. The maximum absolute atomic E-state index is 12.4. The first kappa shape index (κ1) is 17.1. The zero-order valence-corrected chi connectivity index (χ0v) is 16.6. The molecule has 0 fully saturated rings. The van der Waals surface area contributed by atoms with Crippen molar-refractivity contribution < 1.29 is 13.9 Å². The van der Waals surface area contributed by atoms with E-state index in [4.69, 9.17) is 9.15 Å². The van der Waals surface area contributed by atoms with E-state index in [9.17, 15) is 4.79 Å². The third-order valence-corrected chi connectivity index (χ3v) is 5.03. The van der Waals surface area contributed by atoms with Crippen LogP contribution in [0.3, 0.4) is 0 Å². The van der Waals surface area contributed by atoms with Gasteiger partial charge in [0.1, 0.15) is 11.3 Å². The Balaban J connectivity index is 1.59. The Morgan fingerprint density at radius 2 is 1.65 bits per heavy atom. The Labute approximate surface area is 166 Å². The largest absolute Gasteiger partial charge is 0.449 e. The van der Waals surface area contributed by atoms with Gasteiger partial charge in [-0.05, 0) is 63.5 Å². The second-order valence-electron chi connectivity index (χ2n) is 5.69. The van der Waals surface area contributed by atoms with E-state index in [1.54, 1.807) is 18.2 Å². The van der Waals surface area contributed by atoms with E-state index in [2.05, 4.69) is 31.9 Å². The molecule has 0 N–H and O–H groups in total. The zero-order valence-electron chi connectivity index (χ0n) is 13.4. The molecule has 4 aromatic rings. The molecule has 0 spiro atoms. The average molecular weight is 472 g/mol. The summed E-state index contributed by atoms with van der Waals surface area (Å²) < 4.78 is 12.7. The Hall–Kier alpha value is -2.37. The second kappa shape index (κ2) is 7.09. The first-order valence-electron chi connectivity index (χ1n) is 7.86. The van der Waals surface area contributed by atoms with Crippen LogP contribution in [0.4, 0.5) is 0 Å². The summed E-state index contributed by atoms with van der Waals surface area (Å²) in [5.74, 6) is 0.0685. The van der Waals surface area contributed by atoms with Crippen LogP contribution in [0.2, 0.25) is 0 Å². The van der Waals surface area contributed by atoms with Crippen molar-refractivity contribution in [3.05, 3.63) is 87.5 Å². The van der Waals surface area contributed by atoms with Crippen LogP contribution in [-0.4, -0.2) is 5.97 Å². The second-order valence-corrected chi connectivity index (χ2v) is 7.46. The van der Waals surface area contributed by atoms with Crippen molar-refractivity contribution in [2.75, 3.05) is 0 Å². The average Bonchev–Trinajstić information content (AvgIpc) is 3.07. The molecule has 0 radical (unpaired) electrons. The molecule has 0 atom stereocenters. The minimum atomic E-state index is -0.537. The molecule has 0 aliphatic carbocycles. The van der Waals surface area contributed by atoms with E-state index in [0.717, 1.165) is 21.0 Å². The van der Waals surface area contributed by atoms with Crippen molar-refractivity contribution in [3.63, 3.8) is 0 Å². The van der Waals surface area contributed by atoms with Gasteiger partial charge in [-0.25, -0.2) is 4.79 Å². The zero-order chi connectivity index (χ0) is 18.1. The molecule has 0 bridgehead atoms. The Kier molecular flexibility index (Phi) is 4.66. The number of hydrogen-bond donors (Lipinski definition) is 0. The SMILES string of the molecule is O=C(Oc1ccc(-c2ccccc2)cc1Br)c1cc2cc(Br)ccc2o1. The van der Waals surface area contributed by atoms with Gasteiger partial charge in [-0.15, -0.1) is 0 Å². The number of halogens is 2. The fraction of sp³-hybridized carbons (Fsp3) is 0. The summed E-state index contributed by atoms with van der Waals surface area (Å²) in [4.78, 5) is 12.4. The lowest BCUT2D eigenvalue weighted by atomic mass is 10.1.